The molecule has 0 aliphatic carbocycles. The molecule has 1 amide bonds. The fourth-order valence-corrected chi connectivity index (χ4v) is 6.68. The van der Waals surface area contributed by atoms with E-state index >= 15 is 0 Å². The van der Waals surface area contributed by atoms with Gasteiger partial charge in [-0.2, -0.15) is 0 Å². The van der Waals surface area contributed by atoms with Crippen LogP contribution in [0.2, 0.25) is 5.02 Å². The highest BCUT2D eigenvalue weighted by Gasteiger charge is 2.34. The number of rotatable bonds is 7. The number of hydrogen-bond donors (Lipinski definition) is 1. The number of halogens is 1. The summed E-state index contributed by atoms with van der Waals surface area (Å²) in [6, 6.07) is 11.6. The summed E-state index contributed by atoms with van der Waals surface area (Å²) < 4.78 is 37.7. The van der Waals surface area contributed by atoms with Crippen molar-refractivity contribution in [1.29, 1.82) is 0 Å². The van der Waals surface area contributed by atoms with Crippen LogP contribution in [0.15, 0.2) is 57.6 Å². The van der Waals surface area contributed by atoms with Crippen molar-refractivity contribution in [3.05, 3.63) is 63.3 Å². The third kappa shape index (κ3) is 4.22. The van der Waals surface area contributed by atoms with E-state index in [0.29, 0.717) is 28.8 Å². The van der Waals surface area contributed by atoms with Gasteiger partial charge in [0.1, 0.15) is 4.90 Å². The summed E-state index contributed by atoms with van der Waals surface area (Å²) in [6.07, 6.45) is 1.09. The molecule has 1 aromatic heterocycles. The number of carbonyl (C=O) groups excluding carboxylic acids is 1. The molecule has 6 nitrogen and oxygen atoms in total. The lowest BCUT2D eigenvalue weighted by Crippen LogP contribution is -2.23. The zero-order chi connectivity index (χ0) is 22.9. The van der Waals surface area contributed by atoms with Crippen molar-refractivity contribution in [3.63, 3.8) is 0 Å². The summed E-state index contributed by atoms with van der Waals surface area (Å²) in [5, 5.41) is 4.81. The minimum absolute atomic E-state index is 0.0905. The third-order valence-corrected chi connectivity index (χ3v) is 8.51. The summed E-state index contributed by atoms with van der Waals surface area (Å²) in [4.78, 5) is 13.6. The van der Waals surface area contributed by atoms with Crippen LogP contribution in [0.3, 0.4) is 0 Å². The smallest absolute Gasteiger partial charge is 0.225 e. The quantitative estimate of drug-likeness (QED) is 0.471. The Bertz CT molecular complexity index is 1250. The van der Waals surface area contributed by atoms with Crippen LogP contribution in [0.4, 0.5) is 5.69 Å². The Kier molecular flexibility index (Phi) is 6.46. The SMILES string of the molecule is CCCOc1ccc(C2CC(=O)Nc3c(S(=O)(=O)c4ccc(Cl)cc4)csc32)cc1OC. The molecule has 0 saturated carbocycles. The van der Waals surface area contributed by atoms with Gasteiger partial charge in [-0.25, -0.2) is 8.42 Å². The van der Waals surface area contributed by atoms with Gasteiger partial charge in [0.15, 0.2) is 11.5 Å². The molecule has 0 spiro atoms. The van der Waals surface area contributed by atoms with Gasteiger partial charge in [-0.3, -0.25) is 4.79 Å². The van der Waals surface area contributed by atoms with Gasteiger partial charge in [0, 0.05) is 27.6 Å². The maximum Gasteiger partial charge on any atom is 0.225 e. The van der Waals surface area contributed by atoms with Crippen molar-refractivity contribution >= 4 is 44.4 Å². The molecule has 2 heterocycles. The van der Waals surface area contributed by atoms with E-state index in [9.17, 15) is 13.2 Å². The Labute approximate surface area is 196 Å². The summed E-state index contributed by atoms with van der Waals surface area (Å²) in [5.74, 6) is 0.690. The summed E-state index contributed by atoms with van der Waals surface area (Å²) in [7, 11) is -2.25. The van der Waals surface area contributed by atoms with E-state index in [-0.39, 0.29) is 28.0 Å². The first-order valence-electron chi connectivity index (χ1n) is 10.1. The Morgan fingerprint density at radius 2 is 1.91 bits per heavy atom. The monoisotopic (exact) mass is 491 g/mol. The number of hydrogen-bond acceptors (Lipinski definition) is 6. The highest BCUT2D eigenvalue weighted by Crippen LogP contribution is 2.47. The van der Waals surface area contributed by atoms with Crippen molar-refractivity contribution in [1.82, 2.24) is 0 Å². The van der Waals surface area contributed by atoms with E-state index in [4.69, 9.17) is 21.1 Å². The fraction of sp³-hybridized carbons (Fsp3) is 0.261. The molecule has 0 saturated heterocycles. The number of fused-ring (bicyclic) bond motifs is 1. The topological polar surface area (TPSA) is 81.7 Å². The molecule has 4 rings (SSSR count). The van der Waals surface area contributed by atoms with Gasteiger partial charge in [-0.15, -0.1) is 11.3 Å². The molecule has 1 aliphatic rings. The lowest BCUT2D eigenvalue weighted by molar-refractivity contribution is -0.116. The normalized spacial score (nSPS) is 15.7. The van der Waals surface area contributed by atoms with Crippen LogP contribution in [-0.4, -0.2) is 28.0 Å². The highest BCUT2D eigenvalue weighted by atomic mass is 35.5. The number of benzene rings is 2. The fourth-order valence-electron chi connectivity index (χ4n) is 3.64. The van der Waals surface area contributed by atoms with Crippen molar-refractivity contribution in [2.75, 3.05) is 19.0 Å². The minimum atomic E-state index is -3.82. The number of thiophene rings is 1. The first-order chi connectivity index (χ1) is 15.3. The number of nitrogens with one attached hydrogen (secondary N) is 1. The standard InChI is InChI=1S/C23H22ClNO5S2/c1-3-10-30-18-9-4-14(11-19(18)29-2)17-12-21(26)25-22-20(13-31-23(17)22)32(27,28)16-7-5-15(24)6-8-16/h4-9,11,13,17H,3,10,12H2,1-2H3,(H,25,26). The summed E-state index contributed by atoms with van der Waals surface area (Å²) >= 11 is 7.22. The Morgan fingerprint density at radius 1 is 1.16 bits per heavy atom. The molecule has 0 radical (unpaired) electrons. The Morgan fingerprint density at radius 3 is 2.59 bits per heavy atom. The molecule has 0 bridgehead atoms. The number of sulfone groups is 1. The predicted molar refractivity (Wildman–Crippen MR) is 125 cm³/mol. The van der Waals surface area contributed by atoms with Crippen LogP contribution in [-0.2, 0) is 14.6 Å². The van der Waals surface area contributed by atoms with E-state index in [0.717, 1.165) is 16.9 Å². The van der Waals surface area contributed by atoms with Crippen molar-refractivity contribution in [2.24, 2.45) is 0 Å². The van der Waals surface area contributed by atoms with Crippen LogP contribution in [0.25, 0.3) is 0 Å². The number of carbonyl (C=O) groups is 1. The van der Waals surface area contributed by atoms with Gasteiger partial charge in [-0.1, -0.05) is 24.6 Å². The molecule has 2 aromatic carbocycles. The van der Waals surface area contributed by atoms with Crippen LogP contribution < -0.4 is 14.8 Å². The number of methoxy groups -OCH3 is 1. The second kappa shape index (κ2) is 9.13. The van der Waals surface area contributed by atoms with Crippen molar-refractivity contribution in [2.45, 2.75) is 35.5 Å². The number of amides is 1. The molecule has 1 aliphatic heterocycles. The van der Waals surface area contributed by atoms with Gasteiger partial charge >= 0.3 is 0 Å². The molecule has 1 unspecified atom stereocenters. The van der Waals surface area contributed by atoms with E-state index in [1.807, 2.05) is 25.1 Å². The van der Waals surface area contributed by atoms with Gasteiger partial charge in [-0.05, 0) is 48.4 Å². The average Bonchev–Trinajstić information content (AvgIpc) is 3.22. The summed E-state index contributed by atoms with van der Waals surface area (Å²) in [5.41, 5.74) is 1.20. The molecule has 3 aromatic rings. The molecule has 9 heteroatoms. The predicted octanol–water partition coefficient (Wildman–Crippen LogP) is 5.51. The van der Waals surface area contributed by atoms with Gasteiger partial charge in [0.05, 0.1) is 24.3 Å². The Hall–Kier alpha value is -2.55. The van der Waals surface area contributed by atoms with Gasteiger partial charge in [0.2, 0.25) is 15.7 Å². The molecule has 1 atom stereocenters. The largest absolute Gasteiger partial charge is 0.493 e. The zero-order valence-corrected chi connectivity index (χ0v) is 19.9. The zero-order valence-electron chi connectivity index (χ0n) is 17.6. The molecule has 168 valence electrons. The van der Waals surface area contributed by atoms with E-state index in [2.05, 4.69) is 5.32 Å². The molecule has 0 fully saturated rings. The highest BCUT2D eigenvalue weighted by molar-refractivity contribution is 7.91. The molecular formula is C23H22ClNO5S2. The third-order valence-electron chi connectivity index (χ3n) is 5.22. The average molecular weight is 492 g/mol. The van der Waals surface area contributed by atoms with Crippen LogP contribution in [0, 0.1) is 0 Å². The maximum absolute atomic E-state index is 13.2. The first kappa shape index (κ1) is 22.6. The second-order valence-electron chi connectivity index (χ2n) is 7.36. The van der Waals surface area contributed by atoms with E-state index < -0.39 is 9.84 Å². The van der Waals surface area contributed by atoms with E-state index in [1.54, 1.807) is 12.5 Å². The molecule has 32 heavy (non-hydrogen) atoms. The maximum atomic E-state index is 13.2. The van der Waals surface area contributed by atoms with Crippen LogP contribution >= 0.6 is 22.9 Å². The van der Waals surface area contributed by atoms with E-state index in [1.165, 1.54) is 35.6 Å². The second-order valence-corrected chi connectivity index (χ2v) is 10.6. The first-order valence-corrected chi connectivity index (χ1v) is 12.8. The van der Waals surface area contributed by atoms with Gasteiger partial charge < -0.3 is 14.8 Å². The molecular weight excluding hydrogens is 470 g/mol. The van der Waals surface area contributed by atoms with Crippen LogP contribution in [0.1, 0.15) is 36.1 Å². The van der Waals surface area contributed by atoms with Gasteiger partial charge in [0.25, 0.3) is 0 Å². The minimum Gasteiger partial charge on any atom is -0.493 e. The van der Waals surface area contributed by atoms with Crippen molar-refractivity contribution in [3.8, 4) is 11.5 Å². The lowest BCUT2D eigenvalue weighted by Gasteiger charge is -2.24. The number of anilines is 1. The lowest BCUT2D eigenvalue weighted by atomic mass is 9.90. The van der Waals surface area contributed by atoms with Crippen molar-refractivity contribution < 1.29 is 22.7 Å². The summed E-state index contributed by atoms with van der Waals surface area (Å²) in [6.45, 7) is 2.60. The Balaban J connectivity index is 1.75. The molecule has 1 N–H and O–H groups in total. The van der Waals surface area contributed by atoms with Crippen LogP contribution in [0.5, 0.6) is 11.5 Å². The number of ether oxygens (including phenoxy) is 2.